The largest absolute Gasteiger partial charge is 0.325 e. The summed E-state index contributed by atoms with van der Waals surface area (Å²) in [5, 5.41) is 5.52. The predicted octanol–water partition coefficient (Wildman–Crippen LogP) is 2.55. The molecule has 0 radical (unpaired) electrons. The molecule has 1 saturated heterocycles. The van der Waals surface area contributed by atoms with Crippen molar-refractivity contribution in [1.82, 2.24) is 9.80 Å². The van der Waals surface area contributed by atoms with E-state index < -0.39 is 0 Å². The van der Waals surface area contributed by atoms with E-state index in [1.807, 2.05) is 9.80 Å². The van der Waals surface area contributed by atoms with Crippen molar-refractivity contribution < 1.29 is 18.4 Å². The lowest BCUT2D eigenvalue weighted by Crippen LogP contribution is -2.38. The average Bonchev–Trinajstić information content (AvgIpc) is 2.90. The molecule has 8 heteroatoms. The summed E-state index contributed by atoms with van der Waals surface area (Å²) in [6.07, 6.45) is 0.841. The van der Waals surface area contributed by atoms with E-state index in [-0.39, 0.29) is 36.5 Å². The molecule has 2 aromatic rings. The monoisotopic (exact) mass is 402 g/mol. The summed E-state index contributed by atoms with van der Waals surface area (Å²) in [6.45, 7) is 3.33. The molecule has 1 aliphatic heterocycles. The van der Waals surface area contributed by atoms with Crippen LogP contribution in [-0.4, -0.2) is 60.9 Å². The SMILES string of the molecule is O=C(CN1CCCN(CC(=O)Nc2ccc(F)cc2)CC1)Nc1ccc(F)cc1. The third-order valence-electron chi connectivity index (χ3n) is 4.67. The van der Waals surface area contributed by atoms with Crippen LogP contribution in [0.1, 0.15) is 6.42 Å². The number of carbonyl (C=O) groups is 2. The molecular weight excluding hydrogens is 378 g/mol. The lowest BCUT2D eigenvalue weighted by atomic mass is 10.3. The number of carbonyl (C=O) groups excluding carboxylic acids is 2. The summed E-state index contributed by atoms with van der Waals surface area (Å²) < 4.78 is 25.9. The van der Waals surface area contributed by atoms with Gasteiger partial charge in [-0.05, 0) is 68.0 Å². The van der Waals surface area contributed by atoms with E-state index in [1.165, 1.54) is 48.5 Å². The fraction of sp³-hybridized carbons (Fsp3) is 0.333. The first kappa shape index (κ1) is 20.9. The Morgan fingerprint density at radius 3 is 1.45 bits per heavy atom. The van der Waals surface area contributed by atoms with Crippen LogP contribution in [0.3, 0.4) is 0 Å². The second-order valence-electron chi connectivity index (χ2n) is 7.02. The van der Waals surface area contributed by atoms with E-state index in [4.69, 9.17) is 0 Å². The van der Waals surface area contributed by atoms with E-state index in [9.17, 15) is 18.4 Å². The van der Waals surface area contributed by atoms with E-state index in [0.29, 0.717) is 24.5 Å². The minimum Gasteiger partial charge on any atom is -0.325 e. The molecule has 1 aliphatic rings. The molecule has 2 aromatic carbocycles. The lowest BCUT2D eigenvalue weighted by molar-refractivity contribution is -0.118. The number of amides is 2. The molecule has 6 nitrogen and oxygen atoms in total. The maximum Gasteiger partial charge on any atom is 0.238 e. The van der Waals surface area contributed by atoms with E-state index >= 15 is 0 Å². The third-order valence-corrected chi connectivity index (χ3v) is 4.67. The van der Waals surface area contributed by atoms with E-state index in [0.717, 1.165) is 19.5 Å². The first-order valence-corrected chi connectivity index (χ1v) is 9.53. The Hall–Kier alpha value is -2.84. The van der Waals surface area contributed by atoms with Gasteiger partial charge >= 0.3 is 0 Å². The highest BCUT2D eigenvalue weighted by Crippen LogP contribution is 2.10. The van der Waals surface area contributed by atoms with Gasteiger partial charge in [-0.2, -0.15) is 0 Å². The minimum atomic E-state index is -0.348. The van der Waals surface area contributed by atoms with Crippen molar-refractivity contribution in [2.24, 2.45) is 0 Å². The van der Waals surface area contributed by atoms with Crippen molar-refractivity contribution >= 4 is 23.2 Å². The molecule has 0 aromatic heterocycles. The summed E-state index contributed by atoms with van der Waals surface area (Å²) >= 11 is 0. The Balaban J connectivity index is 1.42. The van der Waals surface area contributed by atoms with Gasteiger partial charge in [0.1, 0.15) is 11.6 Å². The van der Waals surface area contributed by atoms with Crippen molar-refractivity contribution in [3.05, 3.63) is 60.2 Å². The van der Waals surface area contributed by atoms with Crippen LogP contribution in [0, 0.1) is 11.6 Å². The number of anilines is 2. The van der Waals surface area contributed by atoms with E-state index in [2.05, 4.69) is 10.6 Å². The minimum absolute atomic E-state index is 0.154. The number of rotatable bonds is 6. The highest BCUT2D eigenvalue weighted by molar-refractivity contribution is 5.92. The Morgan fingerprint density at radius 1 is 0.690 bits per heavy atom. The van der Waals surface area contributed by atoms with Crippen molar-refractivity contribution in [2.45, 2.75) is 6.42 Å². The summed E-state index contributed by atoms with van der Waals surface area (Å²) in [7, 11) is 0. The number of hydrogen-bond donors (Lipinski definition) is 2. The van der Waals surface area contributed by atoms with Crippen LogP contribution >= 0.6 is 0 Å². The first-order chi connectivity index (χ1) is 14.0. The van der Waals surface area contributed by atoms with Crippen LogP contribution in [-0.2, 0) is 9.59 Å². The van der Waals surface area contributed by atoms with Crippen molar-refractivity contribution in [3.63, 3.8) is 0 Å². The van der Waals surface area contributed by atoms with Gasteiger partial charge in [0, 0.05) is 24.5 Å². The van der Waals surface area contributed by atoms with Crippen LogP contribution in [0.2, 0.25) is 0 Å². The fourth-order valence-corrected chi connectivity index (χ4v) is 3.21. The predicted molar refractivity (Wildman–Crippen MR) is 108 cm³/mol. The maximum atomic E-state index is 12.9. The zero-order valence-corrected chi connectivity index (χ0v) is 16.0. The highest BCUT2D eigenvalue weighted by atomic mass is 19.1. The van der Waals surface area contributed by atoms with Gasteiger partial charge in [-0.25, -0.2) is 8.78 Å². The van der Waals surface area contributed by atoms with E-state index in [1.54, 1.807) is 0 Å². The number of hydrogen-bond acceptors (Lipinski definition) is 4. The molecule has 3 rings (SSSR count). The molecule has 1 fully saturated rings. The second kappa shape index (κ2) is 10.1. The normalized spacial score (nSPS) is 15.5. The zero-order valence-electron chi connectivity index (χ0n) is 16.0. The van der Waals surface area contributed by atoms with Gasteiger partial charge in [0.25, 0.3) is 0 Å². The van der Waals surface area contributed by atoms with Crippen LogP contribution in [0.4, 0.5) is 20.2 Å². The van der Waals surface area contributed by atoms with Gasteiger partial charge in [-0.3, -0.25) is 19.4 Å². The van der Waals surface area contributed by atoms with Gasteiger partial charge in [0.05, 0.1) is 13.1 Å². The fourth-order valence-electron chi connectivity index (χ4n) is 3.21. The molecule has 0 bridgehead atoms. The molecular formula is C21H24F2N4O2. The quantitative estimate of drug-likeness (QED) is 0.780. The van der Waals surface area contributed by atoms with Crippen LogP contribution in [0.25, 0.3) is 0 Å². The van der Waals surface area contributed by atoms with Gasteiger partial charge < -0.3 is 10.6 Å². The van der Waals surface area contributed by atoms with Crippen LogP contribution in [0.5, 0.6) is 0 Å². The molecule has 0 atom stereocenters. The van der Waals surface area contributed by atoms with Gasteiger partial charge in [0.2, 0.25) is 11.8 Å². The zero-order chi connectivity index (χ0) is 20.6. The maximum absolute atomic E-state index is 12.9. The molecule has 0 aliphatic carbocycles. The Kier molecular flexibility index (Phi) is 7.26. The summed E-state index contributed by atoms with van der Waals surface area (Å²) in [5.41, 5.74) is 1.12. The molecule has 154 valence electrons. The molecule has 0 spiro atoms. The summed E-state index contributed by atoms with van der Waals surface area (Å²) in [5.74, 6) is -1.00. The highest BCUT2D eigenvalue weighted by Gasteiger charge is 2.19. The van der Waals surface area contributed by atoms with Gasteiger partial charge in [0.15, 0.2) is 0 Å². The number of halogens is 2. The van der Waals surface area contributed by atoms with Crippen molar-refractivity contribution in [3.8, 4) is 0 Å². The van der Waals surface area contributed by atoms with Crippen molar-refractivity contribution in [1.29, 1.82) is 0 Å². The topological polar surface area (TPSA) is 64.7 Å². The molecule has 2 amide bonds. The Bertz CT molecular complexity index is 758. The third kappa shape index (κ3) is 6.92. The average molecular weight is 402 g/mol. The van der Waals surface area contributed by atoms with Crippen molar-refractivity contribution in [2.75, 3.05) is 49.9 Å². The lowest BCUT2D eigenvalue weighted by Gasteiger charge is -2.21. The number of benzene rings is 2. The molecule has 1 heterocycles. The summed E-state index contributed by atoms with van der Waals surface area (Å²) in [4.78, 5) is 28.5. The molecule has 29 heavy (non-hydrogen) atoms. The molecule has 0 unspecified atom stereocenters. The standard InChI is InChI=1S/C21H24F2N4O2/c22-16-2-6-18(7-3-16)24-20(28)14-26-10-1-11-27(13-12-26)15-21(29)25-19-8-4-17(23)5-9-19/h2-9H,1,10-15H2,(H,24,28)(H,25,29). The van der Waals surface area contributed by atoms with Gasteiger partial charge in [-0.1, -0.05) is 0 Å². The molecule has 0 saturated carbocycles. The van der Waals surface area contributed by atoms with Crippen LogP contribution in [0.15, 0.2) is 48.5 Å². The van der Waals surface area contributed by atoms with Crippen LogP contribution < -0.4 is 10.6 Å². The Morgan fingerprint density at radius 2 is 1.07 bits per heavy atom. The summed E-state index contributed by atoms with van der Waals surface area (Å²) in [6, 6.07) is 11.3. The number of nitrogens with zero attached hydrogens (tertiary/aromatic N) is 2. The Labute approximate surface area is 168 Å². The number of nitrogens with one attached hydrogen (secondary N) is 2. The van der Waals surface area contributed by atoms with Gasteiger partial charge in [-0.15, -0.1) is 0 Å². The first-order valence-electron chi connectivity index (χ1n) is 9.53. The molecule has 2 N–H and O–H groups in total. The second-order valence-corrected chi connectivity index (χ2v) is 7.02. The smallest absolute Gasteiger partial charge is 0.238 e.